The molecule has 4 heterocycles. The fraction of sp³-hybridized carbons (Fsp3) is 0.129. The van der Waals surface area contributed by atoms with E-state index >= 15 is 0 Å². The molecule has 0 atom stereocenters. The first-order chi connectivity index (χ1) is 32.0. The van der Waals surface area contributed by atoms with Gasteiger partial charge < -0.3 is 14.2 Å². The van der Waals surface area contributed by atoms with E-state index < -0.39 is 0 Å². The molecule has 0 saturated carbocycles. The molecule has 2 aliphatic heterocycles. The van der Waals surface area contributed by atoms with E-state index in [2.05, 4.69) is 250 Å². The molecule has 0 fully saturated rings. The lowest BCUT2D eigenvalue weighted by Gasteiger charge is -2.44. The zero-order chi connectivity index (χ0) is 44.6. The second-order valence-electron chi connectivity index (χ2n) is 20.6. The van der Waals surface area contributed by atoms with E-state index in [0.717, 1.165) is 5.69 Å². The summed E-state index contributed by atoms with van der Waals surface area (Å²) in [5.74, 6) is 0. The van der Waals surface area contributed by atoms with Crippen molar-refractivity contribution < 1.29 is 0 Å². The van der Waals surface area contributed by atoms with Crippen molar-refractivity contribution in [2.24, 2.45) is 0 Å². The van der Waals surface area contributed by atoms with Crippen LogP contribution in [0.25, 0.3) is 60.3 Å². The molecule has 9 aromatic carbocycles. The van der Waals surface area contributed by atoms with Crippen molar-refractivity contribution in [3.05, 3.63) is 205 Å². The van der Waals surface area contributed by atoms with Gasteiger partial charge in [0.2, 0.25) is 0 Å². The first-order valence-corrected chi connectivity index (χ1v) is 23.5. The topological polar surface area (TPSA) is 10.9 Å². The SMILES string of the molecule is CC(C)(C)c1ccc2c(c1)c1cc(C(C)(C)C)cc3c4cc5c(cc4n2c13)N(c1c(-c2ccccc2)cccc1-c1ccccc1)c1cccc2c1B5c1ccccc1N2c1ccccc1. The molecule has 0 spiro atoms. The van der Waals surface area contributed by atoms with Crippen molar-refractivity contribution >= 4 is 95.3 Å². The molecule has 2 aliphatic rings. The molecule has 13 rings (SSSR count). The highest BCUT2D eigenvalue weighted by Gasteiger charge is 2.44. The van der Waals surface area contributed by atoms with E-state index in [9.17, 15) is 0 Å². The van der Waals surface area contributed by atoms with Crippen molar-refractivity contribution in [2.45, 2.75) is 52.4 Å². The molecule has 0 unspecified atom stereocenters. The standard InChI is InChI=1S/C62H50BN3/c1-61(2,3)41-32-33-52-46(34-41)48-35-42(62(4,5)6)36-49-47-37-51-57(38-56(47)65(52)60(48)49)66(59-44(39-20-10-7-11-21-39)26-18-27-45(59)40-22-12-8-13-23-40)55-31-19-30-54-58(55)63(51)50-28-16-17-29-53(50)64(54)43-24-14-9-15-25-43/h7-38H,1-6H3. The second-order valence-corrected chi connectivity index (χ2v) is 20.6. The van der Waals surface area contributed by atoms with E-state index in [4.69, 9.17) is 0 Å². The summed E-state index contributed by atoms with van der Waals surface area (Å²) in [4.78, 5) is 5.12. The Hall–Kier alpha value is -7.56. The molecule has 0 bridgehead atoms. The second kappa shape index (κ2) is 14.0. The number of anilines is 6. The van der Waals surface area contributed by atoms with Gasteiger partial charge in [0.25, 0.3) is 6.71 Å². The Labute approximate surface area is 387 Å². The van der Waals surface area contributed by atoms with E-state index in [1.54, 1.807) is 0 Å². The van der Waals surface area contributed by atoms with E-state index in [-0.39, 0.29) is 17.5 Å². The predicted molar refractivity (Wildman–Crippen MR) is 283 cm³/mol. The monoisotopic (exact) mass is 847 g/mol. The molecule has 0 aliphatic carbocycles. The van der Waals surface area contributed by atoms with Crippen molar-refractivity contribution in [3.63, 3.8) is 0 Å². The number of fused-ring (bicyclic) bond motifs is 10. The van der Waals surface area contributed by atoms with Crippen LogP contribution in [0.4, 0.5) is 34.1 Å². The van der Waals surface area contributed by atoms with E-state index in [0.29, 0.717) is 0 Å². The van der Waals surface area contributed by atoms with Gasteiger partial charge in [0, 0.05) is 61.1 Å². The molecule has 0 N–H and O–H groups in total. The lowest BCUT2D eigenvalue weighted by Crippen LogP contribution is -2.61. The molecule has 0 radical (unpaired) electrons. The van der Waals surface area contributed by atoms with E-state index in [1.807, 2.05) is 0 Å². The highest BCUT2D eigenvalue weighted by Crippen LogP contribution is 2.51. The Bertz CT molecular complexity index is 3670. The summed E-state index contributed by atoms with van der Waals surface area (Å²) < 4.78 is 2.59. The molecule has 316 valence electrons. The van der Waals surface area contributed by atoms with Gasteiger partial charge in [0.1, 0.15) is 0 Å². The summed E-state index contributed by atoms with van der Waals surface area (Å²) in [6.07, 6.45) is 0. The maximum Gasteiger partial charge on any atom is 0.252 e. The van der Waals surface area contributed by atoms with Crippen LogP contribution in [-0.2, 0) is 10.8 Å². The summed E-state index contributed by atoms with van der Waals surface area (Å²) >= 11 is 0. The summed E-state index contributed by atoms with van der Waals surface area (Å²) in [5, 5.41) is 5.27. The van der Waals surface area contributed by atoms with Crippen LogP contribution in [0.5, 0.6) is 0 Å². The van der Waals surface area contributed by atoms with Crippen LogP contribution in [0.3, 0.4) is 0 Å². The number of para-hydroxylation sites is 3. The number of benzene rings is 9. The normalized spacial score (nSPS) is 13.5. The first kappa shape index (κ1) is 38.9. The van der Waals surface area contributed by atoms with Crippen LogP contribution < -0.4 is 26.2 Å². The van der Waals surface area contributed by atoms with Gasteiger partial charge in [0.05, 0.1) is 22.2 Å². The van der Waals surface area contributed by atoms with Crippen LogP contribution >= 0.6 is 0 Å². The molecule has 2 aromatic heterocycles. The summed E-state index contributed by atoms with van der Waals surface area (Å²) in [6, 6.07) is 73.1. The Kier molecular flexibility index (Phi) is 8.23. The molecular weight excluding hydrogens is 798 g/mol. The third-order valence-electron chi connectivity index (χ3n) is 14.6. The highest BCUT2D eigenvalue weighted by atomic mass is 15.2. The fourth-order valence-corrected chi connectivity index (χ4v) is 11.4. The third kappa shape index (κ3) is 5.57. The van der Waals surface area contributed by atoms with Gasteiger partial charge in [-0.05, 0) is 110 Å². The molecule has 0 saturated heterocycles. The Morgan fingerprint density at radius 2 is 0.909 bits per heavy atom. The van der Waals surface area contributed by atoms with Gasteiger partial charge >= 0.3 is 0 Å². The van der Waals surface area contributed by atoms with Crippen LogP contribution in [0.15, 0.2) is 194 Å². The number of hydrogen-bond donors (Lipinski definition) is 0. The van der Waals surface area contributed by atoms with Gasteiger partial charge in [-0.25, -0.2) is 0 Å². The van der Waals surface area contributed by atoms with Gasteiger partial charge in [-0.3, -0.25) is 0 Å². The largest absolute Gasteiger partial charge is 0.311 e. The molecule has 66 heavy (non-hydrogen) atoms. The van der Waals surface area contributed by atoms with Gasteiger partial charge in [-0.2, -0.15) is 0 Å². The number of nitrogens with zero attached hydrogens (tertiary/aromatic N) is 3. The molecular formula is C62H50BN3. The van der Waals surface area contributed by atoms with Crippen molar-refractivity contribution in [2.75, 3.05) is 9.80 Å². The third-order valence-corrected chi connectivity index (χ3v) is 14.6. The average Bonchev–Trinajstić information content (AvgIpc) is 3.84. The zero-order valence-corrected chi connectivity index (χ0v) is 38.4. The van der Waals surface area contributed by atoms with Crippen molar-refractivity contribution in [1.82, 2.24) is 4.40 Å². The molecule has 0 amide bonds. The van der Waals surface area contributed by atoms with Crippen LogP contribution in [0.2, 0.25) is 0 Å². The number of hydrogen-bond acceptors (Lipinski definition) is 2. The van der Waals surface area contributed by atoms with Crippen LogP contribution in [0, 0.1) is 0 Å². The minimum atomic E-state index is -0.0411. The molecule has 11 aromatic rings. The minimum Gasteiger partial charge on any atom is -0.311 e. The van der Waals surface area contributed by atoms with Crippen LogP contribution in [-0.4, -0.2) is 11.1 Å². The first-order valence-electron chi connectivity index (χ1n) is 23.5. The summed E-state index contributed by atoms with van der Waals surface area (Å²) in [7, 11) is 0. The Morgan fingerprint density at radius 1 is 0.379 bits per heavy atom. The van der Waals surface area contributed by atoms with Crippen LogP contribution in [0.1, 0.15) is 52.7 Å². The average molecular weight is 848 g/mol. The zero-order valence-electron chi connectivity index (χ0n) is 38.4. The summed E-state index contributed by atoms with van der Waals surface area (Å²) in [6.45, 7) is 14.0. The minimum absolute atomic E-state index is 0.0136. The Balaban J connectivity index is 1.21. The van der Waals surface area contributed by atoms with E-state index in [1.165, 1.54) is 116 Å². The molecule has 4 heteroatoms. The number of rotatable bonds is 4. The Morgan fingerprint density at radius 3 is 1.55 bits per heavy atom. The van der Waals surface area contributed by atoms with Gasteiger partial charge in [-0.15, -0.1) is 0 Å². The van der Waals surface area contributed by atoms with Crippen molar-refractivity contribution in [3.8, 4) is 22.3 Å². The maximum atomic E-state index is 2.64. The van der Waals surface area contributed by atoms with Gasteiger partial charge in [0.15, 0.2) is 0 Å². The predicted octanol–water partition coefficient (Wildman–Crippen LogP) is 14.8. The highest BCUT2D eigenvalue weighted by molar-refractivity contribution is 7.00. The fourth-order valence-electron chi connectivity index (χ4n) is 11.4. The maximum absolute atomic E-state index is 2.64. The lowest BCUT2D eigenvalue weighted by molar-refractivity contribution is 0.590. The number of aromatic nitrogens is 1. The quantitative estimate of drug-likeness (QED) is 0.163. The van der Waals surface area contributed by atoms with Gasteiger partial charge in [-0.1, -0.05) is 175 Å². The summed E-state index contributed by atoms with van der Waals surface area (Å²) in [5.41, 5.74) is 22.4. The molecule has 3 nitrogen and oxygen atoms in total. The lowest BCUT2D eigenvalue weighted by atomic mass is 9.33. The van der Waals surface area contributed by atoms with Crippen molar-refractivity contribution in [1.29, 1.82) is 0 Å². The smallest absolute Gasteiger partial charge is 0.252 e.